The van der Waals surface area contributed by atoms with E-state index in [0.29, 0.717) is 5.56 Å². The van der Waals surface area contributed by atoms with Crippen molar-refractivity contribution in [3.05, 3.63) is 35.1 Å². The van der Waals surface area contributed by atoms with Crippen LogP contribution in [0.25, 0.3) is 0 Å². The lowest BCUT2D eigenvalue weighted by Gasteiger charge is -2.33. The zero-order valence-electron chi connectivity index (χ0n) is 10.9. The number of benzene rings is 1. The van der Waals surface area contributed by atoms with Gasteiger partial charge in [0.25, 0.3) is 0 Å². The van der Waals surface area contributed by atoms with Crippen molar-refractivity contribution in [1.29, 1.82) is 0 Å². The van der Waals surface area contributed by atoms with Crippen molar-refractivity contribution in [2.75, 3.05) is 32.9 Å². The summed E-state index contributed by atoms with van der Waals surface area (Å²) in [7, 11) is 0. The summed E-state index contributed by atoms with van der Waals surface area (Å²) in [6.07, 6.45) is 0. The molecule has 1 aliphatic rings. The second-order valence-electron chi connectivity index (χ2n) is 4.46. The highest BCUT2D eigenvalue weighted by Gasteiger charge is 2.22. The predicted molar refractivity (Wildman–Crippen MR) is 78.8 cm³/mol. The number of halogens is 4. The van der Waals surface area contributed by atoms with Crippen LogP contribution in [0, 0.1) is 12.7 Å². The van der Waals surface area contributed by atoms with E-state index in [9.17, 15) is 8.78 Å². The molecule has 0 spiro atoms. The van der Waals surface area contributed by atoms with Gasteiger partial charge < -0.3 is 5.32 Å². The molecule has 1 heterocycles. The lowest BCUT2D eigenvalue weighted by Crippen LogP contribution is -2.45. The SMILES string of the molecule is Cc1cc([C@@H](CF)N2CCNCC2)ccc1F.Cl.Cl. The van der Waals surface area contributed by atoms with E-state index in [0.717, 1.165) is 31.7 Å². The van der Waals surface area contributed by atoms with Gasteiger partial charge in [0.05, 0.1) is 6.04 Å². The van der Waals surface area contributed by atoms with E-state index in [1.54, 1.807) is 19.1 Å². The van der Waals surface area contributed by atoms with E-state index < -0.39 is 6.67 Å². The Hall–Kier alpha value is -0.420. The Morgan fingerprint density at radius 2 is 1.89 bits per heavy atom. The molecule has 1 aliphatic heterocycles. The third-order valence-electron chi connectivity index (χ3n) is 3.31. The van der Waals surface area contributed by atoms with Crippen LogP contribution in [-0.2, 0) is 0 Å². The molecule has 1 fully saturated rings. The molecule has 0 bridgehead atoms. The van der Waals surface area contributed by atoms with Crippen molar-refractivity contribution in [3.63, 3.8) is 0 Å². The standard InChI is InChI=1S/C13H18F2N2.2ClH/c1-10-8-11(2-3-12(10)15)13(9-14)17-6-4-16-5-7-17;;/h2-3,8,13,16H,4-7,9H2,1H3;2*1H/t13-;;/m1../s1. The number of piperazine rings is 1. The number of rotatable bonds is 3. The van der Waals surface area contributed by atoms with Gasteiger partial charge >= 0.3 is 0 Å². The van der Waals surface area contributed by atoms with Gasteiger partial charge in [-0.05, 0) is 24.1 Å². The van der Waals surface area contributed by atoms with E-state index in [2.05, 4.69) is 10.2 Å². The minimum absolute atomic E-state index is 0. The number of nitrogens with one attached hydrogen (secondary N) is 1. The van der Waals surface area contributed by atoms with E-state index in [4.69, 9.17) is 0 Å². The first-order valence-electron chi connectivity index (χ1n) is 5.99. The minimum Gasteiger partial charge on any atom is -0.314 e. The van der Waals surface area contributed by atoms with Crippen molar-refractivity contribution in [3.8, 4) is 0 Å². The molecule has 110 valence electrons. The van der Waals surface area contributed by atoms with Gasteiger partial charge in [-0.2, -0.15) is 0 Å². The zero-order valence-corrected chi connectivity index (χ0v) is 12.5. The molecule has 1 aromatic rings. The molecule has 0 unspecified atom stereocenters. The fourth-order valence-electron chi connectivity index (χ4n) is 2.27. The van der Waals surface area contributed by atoms with Gasteiger partial charge in [0.15, 0.2) is 0 Å². The van der Waals surface area contributed by atoms with Gasteiger partial charge in [-0.25, -0.2) is 8.78 Å². The topological polar surface area (TPSA) is 15.3 Å². The summed E-state index contributed by atoms with van der Waals surface area (Å²) in [6.45, 7) is 4.74. The zero-order chi connectivity index (χ0) is 12.3. The number of aryl methyl sites for hydroxylation is 1. The smallest absolute Gasteiger partial charge is 0.126 e. The van der Waals surface area contributed by atoms with Gasteiger partial charge in [-0.1, -0.05) is 12.1 Å². The molecule has 1 aromatic carbocycles. The second kappa shape index (κ2) is 8.69. The van der Waals surface area contributed by atoms with Crippen LogP contribution >= 0.6 is 24.8 Å². The van der Waals surface area contributed by atoms with Crippen molar-refractivity contribution in [2.24, 2.45) is 0 Å². The maximum atomic E-state index is 13.2. The molecular formula is C13H20Cl2F2N2. The van der Waals surface area contributed by atoms with Gasteiger partial charge in [-0.3, -0.25) is 4.90 Å². The van der Waals surface area contributed by atoms with E-state index >= 15 is 0 Å². The normalized spacial score (nSPS) is 17.2. The second-order valence-corrected chi connectivity index (χ2v) is 4.46. The summed E-state index contributed by atoms with van der Waals surface area (Å²) in [5, 5.41) is 3.24. The Morgan fingerprint density at radius 3 is 2.42 bits per heavy atom. The monoisotopic (exact) mass is 312 g/mol. The summed E-state index contributed by atoms with van der Waals surface area (Å²) in [6, 6.07) is 4.63. The fraction of sp³-hybridized carbons (Fsp3) is 0.538. The van der Waals surface area contributed by atoms with Crippen LogP contribution in [0.2, 0.25) is 0 Å². The highest BCUT2D eigenvalue weighted by Crippen LogP contribution is 2.23. The molecule has 19 heavy (non-hydrogen) atoms. The highest BCUT2D eigenvalue weighted by molar-refractivity contribution is 5.85. The molecule has 6 heteroatoms. The molecular weight excluding hydrogens is 293 g/mol. The summed E-state index contributed by atoms with van der Waals surface area (Å²) in [5.41, 5.74) is 1.45. The van der Waals surface area contributed by atoms with Crippen LogP contribution in [-0.4, -0.2) is 37.8 Å². The molecule has 1 saturated heterocycles. The molecule has 0 saturated carbocycles. The van der Waals surface area contributed by atoms with Crippen molar-refractivity contribution in [1.82, 2.24) is 10.2 Å². The molecule has 0 radical (unpaired) electrons. The predicted octanol–water partition coefficient (Wildman–Crippen LogP) is 2.89. The Labute approximate surface area is 125 Å². The summed E-state index contributed by atoms with van der Waals surface area (Å²) in [5.74, 6) is -0.230. The van der Waals surface area contributed by atoms with Crippen LogP contribution in [0.15, 0.2) is 18.2 Å². The summed E-state index contributed by atoms with van der Waals surface area (Å²) < 4.78 is 26.4. The third kappa shape index (κ3) is 4.56. The van der Waals surface area contributed by atoms with Crippen molar-refractivity contribution in [2.45, 2.75) is 13.0 Å². The first kappa shape index (κ1) is 18.6. The Kier molecular flexibility index (Phi) is 8.50. The fourth-order valence-corrected chi connectivity index (χ4v) is 2.27. The lowest BCUT2D eigenvalue weighted by molar-refractivity contribution is 0.147. The molecule has 2 nitrogen and oxygen atoms in total. The van der Waals surface area contributed by atoms with Crippen molar-refractivity contribution >= 4 is 24.8 Å². The molecule has 1 atom stereocenters. The third-order valence-corrected chi connectivity index (χ3v) is 3.31. The van der Waals surface area contributed by atoms with Gasteiger partial charge in [0.2, 0.25) is 0 Å². The molecule has 0 amide bonds. The Morgan fingerprint density at radius 1 is 1.26 bits per heavy atom. The summed E-state index contributed by atoms with van der Waals surface area (Å²) >= 11 is 0. The maximum absolute atomic E-state index is 13.2. The quantitative estimate of drug-likeness (QED) is 0.923. The first-order valence-corrected chi connectivity index (χ1v) is 5.99. The number of hydrogen-bond donors (Lipinski definition) is 1. The Bertz CT molecular complexity index is 385. The summed E-state index contributed by atoms with van der Waals surface area (Å²) in [4.78, 5) is 2.11. The van der Waals surface area contributed by atoms with E-state index in [-0.39, 0.29) is 36.7 Å². The van der Waals surface area contributed by atoms with Gasteiger partial charge in [0.1, 0.15) is 12.5 Å². The molecule has 0 aliphatic carbocycles. The van der Waals surface area contributed by atoms with Crippen LogP contribution in [0.3, 0.4) is 0 Å². The van der Waals surface area contributed by atoms with Crippen LogP contribution in [0.4, 0.5) is 8.78 Å². The average Bonchev–Trinajstić information content (AvgIpc) is 2.36. The number of hydrogen-bond acceptors (Lipinski definition) is 2. The highest BCUT2D eigenvalue weighted by atomic mass is 35.5. The van der Waals surface area contributed by atoms with E-state index in [1.165, 1.54) is 6.07 Å². The Balaban J connectivity index is 0.00000162. The first-order chi connectivity index (χ1) is 8.22. The van der Waals surface area contributed by atoms with Gasteiger partial charge in [0, 0.05) is 26.2 Å². The largest absolute Gasteiger partial charge is 0.314 e. The van der Waals surface area contributed by atoms with Crippen molar-refractivity contribution < 1.29 is 8.78 Å². The average molecular weight is 313 g/mol. The lowest BCUT2D eigenvalue weighted by atomic mass is 10.0. The van der Waals surface area contributed by atoms with Crippen LogP contribution in [0.1, 0.15) is 17.2 Å². The molecule has 0 aromatic heterocycles. The minimum atomic E-state index is -0.426. The van der Waals surface area contributed by atoms with Crippen LogP contribution in [0.5, 0.6) is 0 Å². The number of nitrogens with zero attached hydrogens (tertiary/aromatic N) is 1. The van der Waals surface area contributed by atoms with E-state index in [1.807, 2.05) is 0 Å². The van der Waals surface area contributed by atoms with Crippen LogP contribution < -0.4 is 5.32 Å². The molecule has 1 N–H and O–H groups in total. The molecule has 2 rings (SSSR count). The van der Waals surface area contributed by atoms with Gasteiger partial charge in [-0.15, -0.1) is 24.8 Å². The maximum Gasteiger partial charge on any atom is 0.126 e. The number of alkyl halides is 1.